The Balaban J connectivity index is 1.62. The Morgan fingerprint density at radius 3 is 2.50 bits per heavy atom. The number of para-hydroxylation sites is 2. The lowest BCUT2D eigenvalue weighted by Gasteiger charge is -2.22. The SMILES string of the molecule is COc1ccccc1C(=O)N[C@H](C(=O)OCC(=O)N1CCc2ccccc21)C(C)C. The van der Waals surface area contributed by atoms with Crippen LogP contribution in [0, 0.1) is 5.92 Å². The molecule has 30 heavy (non-hydrogen) atoms. The van der Waals surface area contributed by atoms with Gasteiger partial charge in [-0.3, -0.25) is 9.59 Å². The van der Waals surface area contributed by atoms with E-state index in [2.05, 4.69) is 5.32 Å². The van der Waals surface area contributed by atoms with Gasteiger partial charge in [0.25, 0.3) is 11.8 Å². The van der Waals surface area contributed by atoms with Crippen LogP contribution < -0.4 is 15.0 Å². The number of esters is 1. The molecule has 0 bridgehead atoms. The van der Waals surface area contributed by atoms with E-state index in [1.54, 1.807) is 43.0 Å². The van der Waals surface area contributed by atoms with Crippen molar-refractivity contribution in [3.8, 4) is 5.75 Å². The van der Waals surface area contributed by atoms with Gasteiger partial charge in [0.05, 0.1) is 12.7 Å². The highest BCUT2D eigenvalue weighted by molar-refractivity contribution is 6.00. The molecular weight excluding hydrogens is 384 g/mol. The van der Waals surface area contributed by atoms with Crippen LogP contribution >= 0.6 is 0 Å². The van der Waals surface area contributed by atoms with Crippen LogP contribution in [-0.2, 0) is 20.7 Å². The van der Waals surface area contributed by atoms with Crippen LogP contribution in [0.5, 0.6) is 5.75 Å². The summed E-state index contributed by atoms with van der Waals surface area (Å²) in [4.78, 5) is 39.5. The predicted octanol–water partition coefficient (Wildman–Crippen LogP) is 2.58. The number of nitrogens with zero attached hydrogens (tertiary/aromatic N) is 1. The van der Waals surface area contributed by atoms with Gasteiger partial charge in [-0.2, -0.15) is 0 Å². The van der Waals surface area contributed by atoms with E-state index < -0.39 is 17.9 Å². The molecule has 0 fully saturated rings. The maximum atomic E-state index is 12.7. The fourth-order valence-electron chi connectivity index (χ4n) is 3.45. The Labute approximate surface area is 176 Å². The van der Waals surface area contributed by atoms with Gasteiger partial charge in [-0.1, -0.05) is 44.2 Å². The van der Waals surface area contributed by atoms with Gasteiger partial charge in [0.15, 0.2) is 6.61 Å². The van der Waals surface area contributed by atoms with Crippen molar-refractivity contribution in [1.82, 2.24) is 5.32 Å². The maximum absolute atomic E-state index is 12.7. The van der Waals surface area contributed by atoms with Crippen LogP contribution in [0.2, 0.25) is 0 Å². The molecule has 158 valence electrons. The van der Waals surface area contributed by atoms with E-state index in [-0.39, 0.29) is 18.4 Å². The molecule has 1 atom stereocenters. The molecule has 0 radical (unpaired) electrons. The summed E-state index contributed by atoms with van der Waals surface area (Å²) in [6.07, 6.45) is 0.777. The van der Waals surface area contributed by atoms with Crippen molar-refractivity contribution in [1.29, 1.82) is 0 Å². The van der Waals surface area contributed by atoms with Gasteiger partial charge in [-0.25, -0.2) is 4.79 Å². The first-order valence-electron chi connectivity index (χ1n) is 9.91. The molecule has 7 heteroatoms. The zero-order chi connectivity index (χ0) is 21.7. The van der Waals surface area contributed by atoms with Crippen LogP contribution in [0.3, 0.4) is 0 Å². The normalized spacial score (nSPS) is 13.5. The highest BCUT2D eigenvalue weighted by Crippen LogP contribution is 2.27. The van der Waals surface area contributed by atoms with E-state index in [9.17, 15) is 14.4 Å². The lowest BCUT2D eigenvalue weighted by atomic mass is 10.0. The Hall–Kier alpha value is -3.35. The van der Waals surface area contributed by atoms with Gasteiger partial charge in [-0.05, 0) is 36.1 Å². The molecule has 0 aromatic heterocycles. The Morgan fingerprint density at radius 2 is 1.77 bits per heavy atom. The molecule has 0 saturated heterocycles. The van der Waals surface area contributed by atoms with Crippen molar-refractivity contribution in [3.05, 3.63) is 59.7 Å². The summed E-state index contributed by atoms with van der Waals surface area (Å²) < 4.78 is 10.5. The van der Waals surface area contributed by atoms with E-state index in [4.69, 9.17) is 9.47 Å². The standard InChI is InChI=1S/C23H26N2O5/c1-15(2)21(24-22(27)17-9-5-7-11-19(17)29-3)23(28)30-14-20(26)25-13-12-16-8-4-6-10-18(16)25/h4-11,15,21H,12-14H2,1-3H3,(H,24,27)/t21-/m0/s1. The van der Waals surface area contributed by atoms with Gasteiger partial charge in [-0.15, -0.1) is 0 Å². The summed E-state index contributed by atoms with van der Waals surface area (Å²) in [7, 11) is 1.47. The number of fused-ring (bicyclic) bond motifs is 1. The van der Waals surface area contributed by atoms with Gasteiger partial charge >= 0.3 is 5.97 Å². The van der Waals surface area contributed by atoms with E-state index in [1.165, 1.54) is 7.11 Å². The molecule has 1 heterocycles. The largest absolute Gasteiger partial charge is 0.496 e. The van der Waals surface area contributed by atoms with Crippen molar-refractivity contribution >= 4 is 23.5 Å². The van der Waals surface area contributed by atoms with Crippen molar-refractivity contribution in [3.63, 3.8) is 0 Å². The highest BCUT2D eigenvalue weighted by atomic mass is 16.5. The summed E-state index contributed by atoms with van der Waals surface area (Å²) in [6.45, 7) is 3.79. The summed E-state index contributed by atoms with van der Waals surface area (Å²) in [6, 6.07) is 13.5. The first-order chi connectivity index (χ1) is 14.4. The molecule has 0 unspecified atom stereocenters. The highest BCUT2D eigenvalue weighted by Gasteiger charge is 2.29. The first kappa shape index (κ1) is 21.4. The molecule has 1 aliphatic rings. The Morgan fingerprint density at radius 1 is 1.07 bits per heavy atom. The van der Waals surface area contributed by atoms with Crippen molar-refractivity contribution in [2.24, 2.45) is 5.92 Å². The molecule has 2 amide bonds. The molecule has 3 rings (SSSR count). The minimum atomic E-state index is -0.888. The Bertz CT molecular complexity index is 941. The molecule has 2 aromatic rings. The summed E-state index contributed by atoms with van der Waals surface area (Å²) in [5.41, 5.74) is 2.27. The number of hydrogen-bond donors (Lipinski definition) is 1. The van der Waals surface area contributed by atoms with Crippen LogP contribution in [-0.4, -0.2) is 44.1 Å². The maximum Gasteiger partial charge on any atom is 0.329 e. The number of ether oxygens (including phenoxy) is 2. The third kappa shape index (κ3) is 4.62. The van der Waals surface area contributed by atoms with Crippen LogP contribution in [0.1, 0.15) is 29.8 Å². The topological polar surface area (TPSA) is 84.9 Å². The van der Waals surface area contributed by atoms with Gasteiger partial charge in [0.1, 0.15) is 11.8 Å². The summed E-state index contributed by atoms with van der Waals surface area (Å²) in [5, 5.41) is 2.70. The second kappa shape index (κ2) is 9.43. The smallest absolute Gasteiger partial charge is 0.329 e. The molecule has 0 aliphatic carbocycles. The molecule has 1 aliphatic heterocycles. The lowest BCUT2D eigenvalue weighted by Crippen LogP contribution is -2.46. The molecule has 0 spiro atoms. The number of carbonyl (C=O) groups is 3. The predicted molar refractivity (Wildman–Crippen MR) is 113 cm³/mol. The number of nitrogens with one attached hydrogen (secondary N) is 1. The van der Waals surface area contributed by atoms with Gasteiger partial charge < -0.3 is 19.7 Å². The van der Waals surface area contributed by atoms with E-state index in [0.29, 0.717) is 17.9 Å². The summed E-state index contributed by atoms with van der Waals surface area (Å²) in [5.74, 6) is -1.18. The third-order valence-corrected chi connectivity index (χ3v) is 5.08. The van der Waals surface area contributed by atoms with E-state index in [0.717, 1.165) is 17.7 Å². The number of rotatable bonds is 7. The Kier molecular flexibility index (Phi) is 6.72. The third-order valence-electron chi connectivity index (χ3n) is 5.08. The average Bonchev–Trinajstić information content (AvgIpc) is 3.19. The number of methoxy groups -OCH3 is 1. The molecule has 7 nitrogen and oxygen atoms in total. The lowest BCUT2D eigenvalue weighted by molar-refractivity contribution is -0.150. The average molecular weight is 410 g/mol. The minimum Gasteiger partial charge on any atom is -0.496 e. The number of amides is 2. The van der Waals surface area contributed by atoms with E-state index >= 15 is 0 Å². The fourth-order valence-corrected chi connectivity index (χ4v) is 3.45. The van der Waals surface area contributed by atoms with Crippen molar-refractivity contribution < 1.29 is 23.9 Å². The number of carbonyl (C=O) groups excluding carboxylic acids is 3. The number of hydrogen-bond acceptors (Lipinski definition) is 5. The van der Waals surface area contributed by atoms with Crippen molar-refractivity contribution in [2.45, 2.75) is 26.3 Å². The second-order valence-electron chi connectivity index (χ2n) is 7.43. The zero-order valence-electron chi connectivity index (χ0n) is 17.4. The fraction of sp³-hybridized carbons (Fsp3) is 0.348. The zero-order valence-corrected chi connectivity index (χ0v) is 17.4. The minimum absolute atomic E-state index is 0.223. The first-order valence-corrected chi connectivity index (χ1v) is 9.91. The van der Waals surface area contributed by atoms with Crippen molar-refractivity contribution in [2.75, 3.05) is 25.2 Å². The quantitative estimate of drug-likeness (QED) is 0.709. The molecular formula is C23H26N2O5. The molecule has 0 saturated carbocycles. The van der Waals surface area contributed by atoms with Crippen LogP contribution in [0.4, 0.5) is 5.69 Å². The van der Waals surface area contributed by atoms with Gasteiger partial charge in [0, 0.05) is 12.2 Å². The summed E-state index contributed by atoms with van der Waals surface area (Å²) >= 11 is 0. The second-order valence-corrected chi connectivity index (χ2v) is 7.43. The van der Waals surface area contributed by atoms with Crippen LogP contribution in [0.15, 0.2) is 48.5 Å². The monoisotopic (exact) mass is 410 g/mol. The van der Waals surface area contributed by atoms with Crippen LogP contribution in [0.25, 0.3) is 0 Å². The van der Waals surface area contributed by atoms with E-state index in [1.807, 2.05) is 24.3 Å². The molecule has 2 aromatic carbocycles. The number of anilines is 1. The number of benzene rings is 2. The molecule has 1 N–H and O–H groups in total. The van der Waals surface area contributed by atoms with Gasteiger partial charge in [0.2, 0.25) is 0 Å².